The van der Waals surface area contributed by atoms with Gasteiger partial charge in [-0.05, 0) is 6.07 Å². The van der Waals surface area contributed by atoms with E-state index in [9.17, 15) is 14.4 Å². The lowest BCUT2D eigenvalue weighted by Crippen LogP contribution is -2.49. The second-order valence-electron chi connectivity index (χ2n) is 6.14. The Balaban J connectivity index is 1.49. The van der Waals surface area contributed by atoms with E-state index in [0.717, 1.165) is 17.3 Å². The molecule has 0 saturated carbocycles. The molecule has 0 bridgehead atoms. The average Bonchev–Trinajstić information content (AvgIpc) is 2.73. The molecule has 0 atom stereocenters. The molecule has 29 heavy (non-hydrogen) atoms. The van der Waals surface area contributed by atoms with Crippen molar-refractivity contribution in [1.29, 1.82) is 0 Å². The number of piperazine rings is 1. The quantitative estimate of drug-likeness (QED) is 0.364. The summed E-state index contributed by atoms with van der Waals surface area (Å²) in [5.41, 5.74) is 2.71. The number of nitrogens with zero attached hydrogens (tertiary/aromatic N) is 6. The normalized spacial score (nSPS) is 14.2. The number of amides is 2. The van der Waals surface area contributed by atoms with Gasteiger partial charge in [0.2, 0.25) is 17.8 Å². The molecule has 2 amide bonds. The molecule has 2 aromatic rings. The van der Waals surface area contributed by atoms with Crippen LogP contribution in [0.1, 0.15) is 12.5 Å². The van der Waals surface area contributed by atoms with E-state index in [0.29, 0.717) is 32.1 Å². The maximum Gasteiger partial charge on any atom is 0.285 e. The number of aromatic amines is 1. The summed E-state index contributed by atoms with van der Waals surface area (Å²) in [6.45, 7) is 3.79. The summed E-state index contributed by atoms with van der Waals surface area (Å²) in [4.78, 5) is 45.7. The first-order valence-corrected chi connectivity index (χ1v) is 9.83. The Morgan fingerprint density at radius 1 is 1.31 bits per heavy atom. The number of carbonyl (C=O) groups is 2. The third-order valence-electron chi connectivity index (χ3n) is 4.11. The van der Waals surface area contributed by atoms with Crippen LogP contribution in [0.25, 0.3) is 0 Å². The summed E-state index contributed by atoms with van der Waals surface area (Å²) in [5.74, 6) is -0.0217. The number of nitrogens with one attached hydrogen (secondary N) is 2. The zero-order valence-electron chi connectivity index (χ0n) is 15.7. The van der Waals surface area contributed by atoms with Crippen LogP contribution in [-0.2, 0) is 9.59 Å². The summed E-state index contributed by atoms with van der Waals surface area (Å²) in [5, 5.41) is 11.9. The van der Waals surface area contributed by atoms with E-state index in [1.54, 1.807) is 29.4 Å². The maximum absolute atomic E-state index is 12.2. The van der Waals surface area contributed by atoms with E-state index in [1.807, 2.05) is 4.90 Å². The van der Waals surface area contributed by atoms with E-state index < -0.39 is 5.56 Å². The number of pyridine rings is 1. The van der Waals surface area contributed by atoms with Crippen LogP contribution in [0.4, 0.5) is 5.95 Å². The minimum atomic E-state index is -0.416. The van der Waals surface area contributed by atoms with Crippen LogP contribution in [0.5, 0.6) is 0 Å². The molecule has 1 saturated heterocycles. The van der Waals surface area contributed by atoms with Gasteiger partial charge in [-0.25, -0.2) is 5.43 Å². The van der Waals surface area contributed by atoms with E-state index in [-0.39, 0.29) is 22.6 Å². The summed E-state index contributed by atoms with van der Waals surface area (Å²) < 4.78 is 0. The lowest BCUT2D eigenvalue weighted by atomic mass is 10.3. The minimum Gasteiger partial charge on any atom is -0.339 e. The minimum absolute atomic E-state index is 0.0269. The Labute approximate surface area is 170 Å². The zero-order chi connectivity index (χ0) is 20.6. The van der Waals surface area contributed by atoms with Gasteiger partial charge in [-0.15, -0.1) is 10.2 Å². The van der Waals surface area contributed by atoms with Crippen LogP contribution in [0, 0.1) is 0 Å². The Morgan fingerprint density at radius 2 is 2.10 bits per heavy atom. The van der Waals surface area contributed by atoms with Crippen molar-refractivity contribution in [2.24, 2.45) is 5.10 Å². The molecule has 1 fully saturated rings. The molecule has 0 spiro atoms. The lowest BCUT2D eigenvalue weighted by Gasteiger charge is -2.34. The number of H-pyrrole nitrogens is 1. The number of hydrogen-bond acceptors (Lipinski definition) is 9. The van der Waals surface area contributed by atoms with Gasteiger partial charge in [0.05, 0.1) is 12.0 Å². The first-order chi connectivity index (χ1) is 14.0. The Bertz CT molecular complexity index is 941. The highest BCUT2D eigenvalue weighted by molar-refractivity contribution is 7.99. The lowest BCUT2D eigenvalue weighted by molar-refractivity contribution is -0.129. The van der Waals surface area contributed by atoms with Crippen molar-refractivity contribution in [2.45, 2.75) is 11.9 Å². The fourth-order valence-electron chi connectivity index (χ4n) is 2.59. The van der Waals surface area contributed by atoms with Gasteiger partial charge < -0.3 is 9.80 Å². The van der Waals surface area contributed by atoms with Crippen LogP contribution in [0.3, 0.4) is 0 Å². The summed E-state index contributed by atoms with van der Waals surface area (Å²) in [6, 6.07) is 3.56. The van der Waals surface area contributed by atoms with Crippen molar-refractivity contribution >= 4 is 35.7 Å². The van der Waals surface area contributed by atoms with Crippen LogP contribution in [-0.4, -0.2) is 75.0 Å². The number of hydrazone groups is 1. The highest BCUT2D eigenvalue weighted by Crippen LogP contribution is 2.12. The summed E-state index contributed by atoms with van der Waals surface area (Å²) in [6.07, 6.45) is 4.73. The first-order valence-electron chi connectivity index (χ1n) is 8.85. The Hall–Kier alpha value is -3.28. The van der Waals surface area contributed by atoms with E-state index in [2.05, 4.69) is 30.7 Å². The molecule has 2 aromatic heterocycles. The van der Waals surface area contributed by atoms with Crippen molar-refractivity contribution in [3.05, 3.63) is 40.4 Å². The third kappa shape index (κ3) is 5.85. The van der Waals surface area contributed by atoms with Gasteiger partial charge in [-0.2, -0.15) is 5.10 Å². The first kappa shape index (κ1) is 20.5. The van der Waals surface area contributed by atoms with Gasteiger partial charge in [0.15, 0.2) is 5.03 Å². The molecule has 1 aliphatic heterocycles. The van der Waals surface area contributed by atoms with Crippen LogP contribution >= 0.6 is 11.8 Å². The molecular weight excluding hydrogens is 396 g/mol. The monoisotopic (exact) mass is 416 g/mol. The van der Waals surface area contributed by atoms with Gasteiger partial charge in [-0.1, -0.05) is 17.8 Å². The predicted molar refractivity (Wildman–Crippen MR) is 108 cm³/mol. The van der Waals surface area contributed by atoms with Crippen LogP contribution < -0.4 is 15.9 Å². The van der Waals surface area contributed by atoms with Crippen LogP contribution in [0.15, 0.2) is 39.4 Å². The molecule has 2 N–H and O–H groups in total. The van der Waals surface area contributed by atoms with Gasteiger partial charge in [0.1, 0.15) is 0 Å². The highest BCUT2D eigenvalue weighted by atomic mass is 32.2. The molecule has 0 unspecified atom stereocenters. The fourth-order valence-corrected chi connectivity index (χ4v) is 3.20. The molecule has 0 aromatic carbocycles. The number of hydrogen-bond donors (Lipinski definition) is 2. The highest BCUT2D eigenvalue weighted by Gasteiger charge is 2.21. The van der Waals surface area contributed by atoms with Crippen molar-refractivity contribution in [1.82, 2.24) is 30.5 Å². The zero-order valence-corrected chi connectivity index (χ0v) is 16.6. The number of rotatable bonds is 6. The largest absolute Gasteiger partial charge is 0.339 e. The molecular formula is C17H20N8O3S. The van der Waals surface area contributed by atoms with E-state index in [1.165, 1.54) is 13.1 Å². The molecule has 3 rings (SSSR count). The van der Waals surface area contributed by atoms with Gasteiger partial charge in [0, 0.05) is 51.1 Å². The predicted octanol–water partition coefficient (Wildman–Crippen LogP) is -0.529. The second kappa shape index (κ2) is 9.78. The van der Waals surface area contributed by atoms with Crippen LogP contribution in [0.2, 0.25) is 0 Å². The SMILES string of the molecule is CC(=O)N1CCN(c2nnc(SCC(=O)N/N=C/c3cccnc3)c(=O)[nH]2)CC1. The summed E-state index contributed by atoms with van der Waals surface area (Å²) in [7, 11) is 0. The molecule has 0 radical (unpaired) electrons. The number of aromatic nitrogens is 4. The van der Waals surface area contributed by atoms with Crippen molar-refractivity contribution in [2.75, 3.05) is 36.8 Å². The molecule has 3 heterocycles. The number of thioether (sulfide) groups is 1. The fraction of sp³-hybridized carbons (Fsp3) is 0.353. The molecule has 1 aliphatic rings. The maximum atomic E-state index is 12.2. The molecule has 0 aliphatic carbocycles. The Kier molecular flexibility index (Phi) is 6.89. The summed E-state index contributed by atoms with van der Waals surface area (Å²) >= 11 is 0.974. The van der Waals surface area contributed by atoms with Crippen molar-refractivity contribution < 1.29 is 9.59 Å². The third-order valence-corrected chi connectivity index (χ3v) is 5.05. The van der Waals surface area contributed by atoms with Gasteiger partial charge in [-0.3, -0.25) is 24.4 Å². The van der Waals surface area contributed by atoms with E-state index in [4.69, 9.17) is 0 Å². The van der Waals surface area contributed by atoms with Crippen molar-refractivity contribution in [3.8, 4) is 0 Å². The topological polar surface area (TPSA) is 137 Å². The Morgan fingerprint density at radius 3 is 2.76 bits per heavy atom. The average molecular weight is 416 g/mol. The van der Waals surface area contributed by atoms with Gasteiger partial charge >= 0.3 is 0 Å². The molecule has 12 heteroatoms. The number of carbonyl (C=O) groups excluding carboxylic acids is 2. The molecule has 11 nitrogen and oxygen atoms in total. The number of anilines is 1. The van der Waals surface area contributed by atoms with Crippen molar-refractivity contribution in [3.63, 3.8) is 0 Å². The van der Waals surface area contributed by atoms with Gasteiger partial charge in [0.25, 0.3) is 5.56 Å². The second-order valence-corrected chi connectivity index (χ2v) is 7.11. The van der Waals surface area contributed by atoms with E-state index >= 15 is 0 Å². The smallest absolute Gasteiger partial charge is 0.285 e. The standard InChI is InChI=1S/C17H20N8O3S/c1-12(26)24-5-7-25(8-6-24)17-20-15(28)16(22-23-17)29-11-14(27)21-19-10-13-3-2-4-18-9-13/h2-4,9-10H,5-8,11H2,1H3,(H,21,27)(H,20,23,28)/b19-10+. The molecule has 152 valence electrons.